The SMILES string of the molecule is CCCCCCC(C)OCC(=O)c1ccc2c(c1)OCO2. The third kappa shape index (κ3) is 4.74. The fourth-order valence-electron chi connectivity index (χ4n) is 2.31. The van der Waals surface area contributed by atoms with E-state index in [1.165, 1.54) is 19.3 Å². The number of hydrogen-bond acceptors (Lipinski definition) is 4. The van der Waals surface area contributed by atoms with Gasteiger partial charge in [-0.1, -0.05) is 32.6 Å². The highest BCUT2D eigenvalue weighted by atomic mass is 16.7. The number of benzene rings is 1. The quantitative estimate of drug-likeness (QED) is 0.510. The van der Waals surface area contributed by atoms with Crippen LogP contribution in [-0.2, 0) is 4.74 Å². The molecule has 116 valence electrons. The molecule has 0 aromatic heterocycles. The van der Waals surface area contributed by atoms with Gasteiger partial charge in [-0.15, -0.1) is 0 Å². The first-order chi connectivity index (χ1) is 10.2. The van der Waals surface area contributed by atoms with Gasteiger partial charge in [0.05, 0.1) is 6.10 Å². The summed E-state index contributed by atoms with van der Waals surface area (Å²) in [6.07, 6.45) is 6.03. The Balaban J connectivity index is 1.74. The molecule has 0 saturated carbocycles. The standard InChI is InChI=1S/C17H24O4/c1-3-4-5-6-7-13(2)19-11-15(18)14-8-9-16-17(10-14)21-12-20-16/h8-10,13H,3-7,11-12H2,1-2H3. The maximum Gasteiger partial charge on any atom is 0.231 e. The van der Waals surface area contributed by atoms with E-state index in [1.807, 2.05) is 6.92 Å². The number of ketones is 1. The van der Waals surface area contributed by atoms with E-state index in [1.54, 1.807) is 18.2 Å². The number of unbranched alkanes of at least 4 members (excludes halogenated alkanes) is 3. The van der Waals surface area contributed by atoms with Crippen LogP contribution in [0.25, 0.3) is 0 Å². The molecule has 1 aliphatic rings. The monoisotopic (exact) mass is 292 g/mol. The number of rotatable bonds is 9. The molecular weight excluding hydrogens is 268 g/mol. The summed E-state index contributed by atoms with van der Waals surface area (Å²) in [6, 6.07) is 5.24. The summed E-state index contributed by atoms with van der Waals surface area (Å²) in [6.45, 7) is 4.57. The van der Waals surface area contributed by atoms with E-state index in [9.17, 15) is 4.79 Å². The van der Waals surface area contributed by atoms with Crippen molar-refractivity contribution in [1.29, 1.82) is 0 Å². The first-order valence-electron chi connectivity index (χ1n) is 7.75. The van der Waals surface area contributed by atoms with E-state index in [-0.39, 0.29) is 25.3 Å². The minimum atomic E-state index is -0.0197. The fraction of sp³-hybridized carbons (Fsp3) is 0.588. The Hall–Kier alpha value is -1.55. The molecular formula is C17H24O4. The van der Waals surface area contributed by atoms with Crippen LogP contribution in [0.5, 0.6) is 11.5 Å². The summed E-state index contributed by atoms with van der Waals surface area (Å²) >= 11 is 0. The van der Waals surface area contributed by atoms with E-state index in [2.05, 4.69) is 6.92 Å². The normalized spacial score (nSPS) is 14.2. The lowest BCUT2D eigenvalue weighted by Crippen LogP contribution is -2.16. The minimum absolute atomic E-state index is 0.0197. The van der Waals surface area contributed by atoms with E-state index < -0.39 is 0 Å². The van der Waals surface area contributed by atoms with Gasteiger partial charge in [0.2, 0.25) is 6.79 Å². The molecule has 21 heavy (non-hydrogen) atoms. The van der Waals surface area contributed by atoms with Crippen LogP contribution in [0, 0.1) is 0 Å². The van der Waals surface area contributed by atoms with Crippen molar-refractivity contribution >= 4 is 5.78 Å². The number of Topliss-reactive ketones (excluding diaryl/α,β-unsaturated/α-hetero) is 1. The molecule has 2 rings (SSSR count). The molecule has 1 aromatic rings. The number of hydrogen-bond donors (Lipinski definition) is 0. The van der Waals surface area contributed by atoms with Crippen molar-refractivity contribution in [2.24, 2.45) is 0 Å². The summed E-state index contributed by atoms with van der Waals surface area (Å²) in [5.74, 6) is 1.30. The Morgan fingerprint density at radius 2 is 2.05 bits per heavy atom. The van der Waals surface area contributed by atoms with Crippen LogP contribution in [0.2, 0.25) is 0 Å². The van der Waals surface area contributed by atoms with Gasteiger partial charge in [-0.2, -0.15) is 0 Å². The van der Waals surface area contributed by atoms with Crippen LogP contribution in [0.3, 0.4) is 0 Å². The molecule has 0 spiro atoms. The van der Waals surface area contributed by atoms with Crippen molar-refractivity contribution in [2.75, 3.05) is 13.4 Å². The van der Waals surface area contributed by atoms with Gasteiger partial charge in [0.25, 0.3) is 0 Å². The van der Waals surface area contributed by atoms with Crippen LogP contribution < -0.4 is 9.47 Å². The molecule has 0 amide bonds. The van der Waals surface area contributed by atoms with Crippen molar-refractivity contribution in [3.05, 3.63) is 23.8 Å². The number of ether oxygens (including phenoxy) is 3. The average Bonchev–Trinajstić information content (AvgIpc) is 2.96. The molecule has 0 N–H and O–H groups in total. The van der Waals surface area contributed by atoms with Gasteiger partial charge in [-0.25, -0.2) is 0 Å². The number of carbonyl (C=O) groups is 1. The molecule has 1 aromatic carbocycles. The van der Waals surface area contributed by atoms with Crippen molar-refractivity contribution in [2.45, 2.75) is 52.1 Å². The predicted molar refractivity (Wildman–Crippen MR) is 81.1 cm³/mol. The molecule has 1 aliphatic heterocycles. The van der Waals surface area contributed by atoms with Crippen LogP contribution in [-0.4, -0.2) is 25.3 Å². The van der Waals surface area contributed by atoms with Crippen LogP contribution in [0.15, 0.2) is 18.2 Å². The summed E-state index contributed by atoms with van der Waals surface area (Å²) < 4.78 is 16.1. The Labute approximate surface area is 126 Å². The second kappa shape index (κ2) is 8.03. The van der Waals surface area contributed by atoms with Gasteiger partial charge in [0, 0.05) is 5.56 Å². The van der Waals surface area contributed by atoms with Gasteiger partial charge < -0.3 is 14.2 Å². The fourth-order valence-corrected chi connectivity index (χ4v) is 2.31. The zero-order valence-electron chi connectivity index (χ0n) is 12.9. The van der Waals surface area contributed by atoms with E-state index in [0.29, 0.717) is 17.1 Å². The van der Waals surface area contributed by atoms with Crippen molar-refractivity contribution < 1.29 is 19.0 Å². The molecule has 0 bridgehead atoms. The van der Waals surface area contributed by atoms with Gasteiger partial charge in [0.15, 0.2) is 17.3 Å². The topological polar surface area (TPSA) is 44.8 Å². The first-order valence-corrected chi connectivity index (χ1v) is 7.75. The molecule has 4 heteroatoms. The largest absolute Gasteiger partial charge is 0.454 e. The third-order valence-electron chi connectivity index (χ3n) is 3.66. The van der Waals surface area contributed by atoms with E-state index >= 15 is 0 Å². The molecule has 0 radical (unpaired) electrons. The summed E-state index contributed by atoms with van der Waals surface area (Å²) in [7, 11) is 0. The lowest BCUT2D eigenvalue weighted by molar-refractivity contribution is 0.0483. The summed E-state index contributed by atoms with van der Waals surface area (Å²) in [4.78, 5) is 12.1. The maximum absolute atomic E-state index is 12.1. The highest BCUT2D eigenvalue weighted by Gasteiger charge is 2.16. The number of carbonyl (C=O) groups excluding carboxylic acids is 1. The molecule has 1 heterocycles. The smallest absolute Gasteiger partial charge is 0.231 e. The Kier molecular flexibility index (Phi) is 6.05. The second-order valence-corrected chi connectivity index (χ2v) is 5.46. The second-order valence-electron chi connectivity index (χ2n) is 5.46. The van der Waals surface area contributed by atoms with Crippen LogP contribution in [0.4, 0.5) is 0 Å². The Morgan fingerprint density at radius 1 is 1.24 bits per heavy atom. The first kappa shape index (κ1) is 15.8. The zero-order valence-corrected chi connectivity index (χ0v) is 12.9. The molecule has 1 atom stereocenters. The van der Waals surface area contributed by atoms with Gasteiger partial charge in [0.1, 0.15) is 6.61 Å². The Morgan fingerprint density at radius 3 is 2.86 bits per heavy atom. The summed E-state index contributed by atoms with van der Waals surface area (Å²) in [5.41, 5.74) is 0.609. The van der Waals surface area contributed by atoms with Crippen molar-refractivity contribution in [1.82, 2.24) is 0 Å². The van der Waals surface area contributed by atoms with E-state index in [4.69, 9.17) is 14.2 Å². The lowest BCUT2D eigenvalue weighted by Gasteiger charge is -2.12. The minimum Gasteiger partial charge on any atom is -0.454 e. The zero-order chi connectivity index (χ0) is 15.1. The number of fused-ring (bicyclic) bond motifs is 1. The van der Waals surface area contributed by atoms with Crippen LogP contribution >= 0.6 is 0 Å². The Bertz CT molecular complexity index is 470. The summed E-state index contributed by atoms with van der Waals surface area (Å²) in [5, 5.41) is 0. The van der Waals surface area contributed by atoms with Crippen molar-refractivity contribution in [3.8, 4) is 11.5 Å². The maximum atomic E-state index is 12.1. The highest BCUT2D eigenvalue weighted by molar-refractivity contribution is 5.97. The average molecular weight is 292 g/mol. The van der Waals surface area contributed by atoms with Gasteiger partial charge in [-0.3, -0.25) is 4.79 Å². The van der Waals surface area contributed by atoms with Crippen molar-refractivity contribution in [3.63, 3.8) is 0 Å². The molecule has 4 nitrogen and oxygen atoms in total. The van der Waals surface area contributed by atoms with Gasteiger partial charge >= 0.3 is 0 Å². The highest BCUT2D eigenvalue weighted by Crippen LogP contribution is 2.32. The predicted octanol–water partition coefficient (Wildman–Crippen LogP) is 3.97. The molecule has 0 aliphatic carbocycles. The third-order valence-corrected chi connectivity index (χ3v) is 3.66. The molecule has 0 saturated heterocycles. The lowest BCUT2D eigenvalue weighted by atomic mass is 10.1. The molecule has 1 unspecified atom stereocenters. The van der Waals surface area contributed by atoms with Gasteiger partial charge in [-0.05, 0) is 31.5 Å². The van der Waals surface area contributed by atoms with E-state index in [0.717, 1.165) is 12.8 Å². The molecule has 0 fully saturated rings. The van der Waals surface area contributed by atoms with Crippen LogP contribution in [0.1, 0.15) is 56.3 Å².